The van der Waals surface area contributed by atoms with Crippen LogP contribution in [0.25, 0.3) is 0 Å². The van der Waals surface area contributed by atoms with Crippen molar-refractivity contribution in [3.63, 3.8) is 0 Å². The zero-order valence-electron chi connectivity index (χ0n) is 13.2. The van der Waals surface area contributed by atoms with Gasteiger partial charge in [-0.05, 0) is 31.2 Å². The van der Waals surface area contributed by atoms with Gasteiger partial charge >= 0.3 is 0 Å². The van der Waals surface area contributed by atoms with Crippen LogP contribution in [0.1, 0.15) is 13.8 Å². The molecular weight excluding hydrogens is 286 g/mol. The summed E-state index contributed by atoms with van der Waals surface area (Å²) < 4.78 is 0. The Morgan fingerprint density at radius 2 is 1.67 bits per heavy atom. The van der Waals surface area contributed by atoms with Gasteiger partial charge in [0.25, 0.3) is 0 Å². The number of anilines is 4. The number of aromatic nitrogens is 3. The zero-order chi connectivity index (χ0) is 13.7. The van der Waals surface area contributed by atoms with Gasteiger partial charge in [-0.1, -0.05) is 18.2 Å². The molecule has 2 rings (SSSR count). The van der Waals surface area contributed by atoms with Gasteiger partial charge in [-0.15, -0.1) is 10.2 Å². The van der Waals surface area contributed by atoms with E-state index < -0.39 is 0 Å². The summed E-state index contributed by atoms with van der Waals surface area (Å²) in [4.78, 5) is 2.10. The molecule has 21 heavy (non-hydrogen) atoms. The van der Waals surface area contributed by atoms with E-state index in [4.69, 9.17) is 5.73 Å². The fourth-order valence-electron chi connectivity index (χ4n) is 1.93. The van der Waals surface area contributed by atoms with Gasteiger partial charge in [0.15, 0.2) is 11.6 Å². The van der Waals surface area contributed by atoms with Crippen LogP contribution in [0, 0.1) is 0 Å². The van der Waals surface area contributed by atoms with Gasteiger partial charge in [-0.3, -0.25) is 0 Å². The van der Waals surface area contributed by atoms with Crippen LogP contribution in [-0.2, 0) is 0 Å². The molecule has 1 aromatic heterocycles. The molecule has 102 valence electrons. The van der Waals surface area contributed by atoms with Crippen molar-refractivity contribution < 1.29 is 0 Å². The van der Waals surface area contributed by atoms with Crippen LogP contribution in [0.4, 0.5) is 23.0 Å². The molecule has 0 amide bonds. The first-order valence-corrected chi connectivity index (χ1v) is 6.32. The van der Waals surface area contributed by atoms with E-state index in [1.807, 2.05) is 30.3 Å². The molecule has 3 N–H and O–H groups in total. The first-order chi connectivity index (χ1) is 9.26. The van der Waals surface area contributed by atoms with E-state index in [-0.39, 0.29) is 59.1 Å². The van der Waals surface area contributed by atoms with E-state index in [2.05, 4.69) is 39.5 Å². The second-order valence-electron chi connectivity index (χ2n) is 4.04. The minimum Gasteiger partial charge on any atom is -0.380 e. The van der Waals surface area contributed by atoms with E-state index in [9.17, 15) is 0 Å². The van der Waals surface area contributed by atoms with E-state index >= 15 is 0 Å². The van der Waals surface area contributed by atoms with Crippen LogP contribution in [-0.4, -0.2) is 87.6 Å². The van der Waals surface area contributed by atoms with Gasteiger partial charge in [-0.2, -0.15) is 0 Å². The van der Waals surface area contributed by atoms with Crippen molar-refractivity contribution in [1.82, 2.24) is 15.4 Å². The van der Waals surface area contributed by atoms with Crippen LogP contribution in [0.5, 0.6) is 0 Å². The maximum Gasteiger partial charge on any atom is 0.182 e. The van der Waals surface area contributed by atoms with Crippen LogP contribution >= 0.6 is 0 Å². The zero-order valence-corrected chi connectivity index (χ0v) is 17.2. The molecular formula is C13H18N6Na2. The molecule has 0 aliphatic carbocycles. The molecule has 0 unspecified atom stereocenters. The van der Waals surface area contributed by atoms with Gasteiger partial charge in [0.2, 0.25) is 0 Å². The number of nitrogens with two attached hydrogens (primary N) is 1. The fourth-order valence-corrected chi connectivity index (χ4v) is 1.93. The number of benzene rings is 1. The summed E-state index contributed by atoms with van der Waals surface area (Å²) in [6, 6.07) is 9.80. The monoisotopic (exact) mass is 304 g/mol. The quantitative estimate of drug-likeness (QED) is 0.810. The summed E-state index contributed by atoms with van der Waals surface area (Å²) in [5.74, 6) is 1.01. The molecule has 2 radical (unpaired) electrons. The minimum absolute atomic E-state index is 0. The standard InChI is InChI=1S/C13H18N6.2Na/c1-3-19(4-2)11-12(14)16-18-17-13(11)15-10-8-6-5-7-9-10;;/h5-9H,3-4H2,1-2H3,(H3,14,15,16,17);;. The normalized spacial score (nSPS) is 9.24. The SMILES string of the molecule is CCN(CC)c1c(N)nnnc1Nc1ccccc1.[Na].[Na]. The molecule has 8 heteroatoms. The Morgan fingerprint density at radius 3 is 2.24 bits per heavy atom. The summed E-state index contributed by atoms with van der Waals surface area (Å²) in [5.41, 5.74) is 7.67. The maximum absolute atomic E-state index is 5.93. The van der Waals surface area contributed by atoms with Crippen LogP contribution in [0.3, 0.4) is 0 Å². The Kier molecular flexibility index (Phi) is 10.2. The van der Waals surface area contributed by atoms with E-state index in [0.29, 0.717) is 11.6 Å². The Balaban J connectivity index is 0.00000200. The number of para-hydroxylation sites is 1. The van der Waals surface area contributed by atoms with Crippen molar-refractivity contribution in [3.05, 3.63) is 30.3 Å². The summed E-state index contributed by atoms with van der Waals surface area (Å²) in [6.07, 6.45) is 0. The molecule has 0 saturated carbocycles. The number of hydrogen-bond donors (Lipinski definition) is 2. The van der Waals surface area contributed by atoms with Gasteiger partial charge in [-0.25, -0.2) is 0 Å². The molecule has 0 fully saturated rings. The number of nitrogens with zero attached hydrogens (tertiary/aromatic N) is 4. The summed E-state index contributed by atoms with van der Waals surface area (Å²) >= 11 is 0. The summed E-state index contributed by atoms with van der Waals surface area (Å²) in [6.45, 7) is 5.79. The molecule has 0 spiro atoms. The molecule has 2 aromatic rings. The van der Waals surface area contributed by atoms with Crippen molar-refractivity contribution in [2.75, 3.05) is 29.0 Å². The molecule has 0 saturated heterocycles. The van der Waals surface area contributed by atoms with Crippen LogP contribution in [0.2, 0.25) is 0 Å². The predicted molar refractivity (Wildman–Crippen MR) is 89.0 cm³/mol. The molecule has 0 bridgehead atoms. The fraction of sp³-hybridized carbons (Fsp3) is 0.308. The number of nitrogen functional groups attached to an aromatic ring is 1. The van der Waals surface area contributed by atoms with Crippen molar-refractivity contribution >= 4 is 82.1 Å². The smallest absolute Gasteiger partial charge is 0.182 e. The Bertz CT molecular complexity index is 533. The number of hydrogen-bond acceptors (Lipinski definition) is 6. The molecule has 0 atom stereocenters. The van der Waals surface area contributed by atoms with Gasteiger partial charge in [0, 0.05) is 77.9 Å². The number of nitrogens with one attached hydrogen (secondary N) is 1. The summed E-state index contributed by atoms with van der Waals surface area (Å²) in [7, 11) is 0. The van der Waals surface area contributed by atoms with E-state index in [1.165, 1.54) is 0 Å². The van der Waals surface area contributed by atoms with Crippen LogP contribution in [0.15, 0.2) is 30.3 Å². The van der Waals surface area contributed by atoms with Crippen molar-refractivity contribution in [1.29, 1.82) is 0 Å². The Hall–Kier alpha value is -0.370. The molecule has 0 aliphatic rings. The second kappa shape index (κ2) is 10.4. The third-order valence-corrected chi connectivity index (χ3v) is 2.88. The first kappa shape index (κ1) is 20.6. The summed E-state index contributed by atoms with van der Waals surface area (Å²) in [5, 5.41) is 14.8. The maximum atomic E-state index is 5.93. The van der Waals surface area contributed by atoms with E-state index in [1.54, 1.807) is 0 Å². The third-order valence-electron chi connectivity index (χ3n) is 2.88. The second-order valence-corrected chi connectivity index (χ2v) is 4.04. The predicted octanol–water partition coefficient (Wildman–Crippen LogP) is 1.28. The van der Waals surface area contributed by atoms with Gasteiger partial charge < -0.3 is 16.0 Å². The molecule has 1 heterocycles. The number of rotatable bonds is 5. The third kappa shape index (κ3) is 5.39. The first-order valence-electron chi connectivity index (χ1n) is 6.32. The van der Waals surface area contributed by atoms with Crippen molar-refractivity contribution in [2.45, 2.75) is 13.8 Å². The minimum atomic E-state index is 0. The van der Waals surface area contributed by atoms with Crippen LogP contribution < -0.4 is 16.0 Å². The van der Waals surface area contributed by atoms with Crippen molar-refractivity contribution in [2.24, 2.45) is 0 Å². The van der Waals surface area contributed by atoms with E-state index in [0.717, 1.165) is 24.5 Å². The topological polar surface area (TPSA) is 80.0 Å². The Morgan fingerprint density at radius 1 is 1.05 bits per heavy atom. The Labute approximate surface area is 169 Å². The van der Waals surface area contributed by atoms with Crippen molar-refractivity contribution in [3.8, 4) is 0 Å². The molecule has 0 aliphatic heterocycles. The average molecular weight is 304 g/mol. The largest absolute Gasteiger partial charge is 0.380 e. The molecule has 1 aromatic carbocycles. The average Bonchev–Trinajstić information content (AvgIpc) is 2.44. The van der Waals surface area contributed by atoms with Gasteiger partial charge in [0.1, 0.15) is 5.69 Å². The molecule has 6 nitrogen and oxygen atoms in total. The van der Waals surface area contributed by atoms with Gasteiger partial charge in [0.05, 0.1) is 0 Å².